The summed E-state index contributed by atoms with van der Waals surface area (Å²) in [5, 5.41) is 9.89. The van der Waals surface area contributed by atoms with E-state index in [1.807, 2.05) is 13.8 Å². The number of rotatable bonds is 3. The zero-order valence-corrected chi connectivity index (χ0v) is 12.2. The van der Waals surface area contributed by atoms with Crippen LogP contribution in [0.25, 0.3) is 0 Å². The van der Waals surface area contributed by atoms with E-state index >= 15 is 0 Å². The molecule has 0 spiro atoms. The summed E-state index contributed by atoms with van der Waals surface area (Å²) in [6, 6.07) is 1.76. The van der Waals surface area contributed by atoms with Gasteiger partial charge in [-0.1, -0.05) is 15.9 Å². The molecule has 0 aliphatic heterocycles. The van der Waals surface area contributed by atoms with E-state index < -0.39 is 11.5 Å². The van der Waals surface area contributed by atoms with Crippen LogP contribution >= 0.6 is 15.9 Å². The first-order valence-corrected chi connectivity index (χ1v) is 6.23. The first-order chi connectivity index (χ1) is 7.63. The summed E-state index contributed by atoms with van der Waals surface area (Å²) in [7, 11) is 0. The Morgan fingerprint density at radius 2 is 2.00 bits per heavy atom. The summed E-state index contributed by atoms with van der Waals surface area (Å²) in [5.41, 5.74) is 7.74. The molecule has 0 aromatic heterocycles. The van der Waals surface area contributed by atoms with Crippen LogP contribution in [-0.2, 0) is 6.42 Å². The van der Waals surface area contributed by atoms with Crippen LogP contribution < -0.4 is 5.73 Å². The van der Waals surface area contributed by atoms with E-state index in [9.17, 15) is 9.90 Å². The molecule has 0 unspecified atom stereocenters. The fraction of sp³-hybridized carbons (Fsp3) is 0.462. The number of nitrogens with two attached hydrogens (primary N) is 1. The zero-order chi connectivity index (χ0) is 13.4. The summed E-state index contributed by atoms with van der Waals surface area (Å²) in [4.78, 5) is 11.4. The normalized spacial score (nSPS) is 11.6. The van der Waals surface area contributed by atoms with Crippen LogP contribution in [0.1, 0.15) is 40.9 Å². The van der Waals surface area contributed by atoms with Gasteiger partial charge >= 0.3 is 0 Å². The predicted octanol–water partition coefficient (Wildman–Crippen LogP) is 2.48. The van der Waals surface area contributed by atoms with E-state index in [2.05, 4.69) is 15.9 Å². The fourth-order valence-electron chi connectivity index (χ4n) is 1.88. The Balaban J connectivity index is 3.44. The van der Waals surface area contributed by atoms with Crippen molar-refractivity contribution in [3.8, 4) is 0 Å². The first-order valence-electron chi connectivity index (χ1n) is 5.44. The summed E-state index contributed by atoms with van der Waals surface area (Å²) >= 11 is 3.49. The van der Waals surface area contributed by atoms with Crippen molar-refractivity contribution in [3.63, 3.8) is 0 Å². The van der Waals surface area contributed by atoms with Crippen molar-refractivity contribution in [2.24, 2.45) is 5.73 Å². The molecule has 1 aromatic carbocycles. The highest BCUT2D eigenvalue weighted by atomic mass is 79.9. The van der Waals surface area contributed by atoms with E-state index in [4.69, 9.17) is 5.73 Å². The van der Waals surface area contributed by atoms with Crippen molar-refractivity contribution in [2.75, 3.05) is 0 Å². The number of carbonyl (C=O) groups excluding carboxylic acids is 1. The van der Waals surface area contributed by atoms with Gasteiger partial charge in [0.25, 0.3) is 0 Å². The van der Waals surface area contributed by atoms with Crippen LogP contribution in [0.5, 0.6) is 0 Å². The molecule has 1 rings (SSSR count). The Labute approximate surface area is 110 Å². The van der Waals surface area contributed by atoms with E-state index in [-0.39, 0.29) is 0 Å². The van der Waals surface area contributed by atoms with Crippen molar-refractivity contribution in [2.45, 2.75) is 39.7 Å². The molecule has 0 atom stereocenters. The van der Waals surface area contributed by atoms with Crippen molar-refractivity contribution < 1.29 is 9.90 Å². The third-order valence-corrected chi connectivity index (χ3v) is 3.91. The minimum atomic E-state index is -0.871. The average molecular weight is 300 g/mol. The molecule has 0 bridgehead atoms. The van der Waals surface area contributed by atoms with Gasteiger partial charge in [0.15, 0.2) is 0 Å². The van der Waals surface area contributed by atoms with Crippen LogP contribution in [-0.4, -0.2) is 16.6 Å². The van der Waals surface area contributed by atoms with E-state index in [1.54, 1.807) is 19.9 Å². The number of aliphatic hydroxyl groups is 1. The van der Waals surface area contributed by atoms with Gasteiger partial charge in [-0.3, -0.25) is 4.79 Å². The molecule has 17 heavy (non-hydrogen) atoms. The summed E-state index contributed by atoms with van der Waals surface area (Å²) in [6.07, 6.45) is 0.399. The molecule has 94 valence electrons. The smallest absolute Gasteiger partial charge is 0.248 e. The Kier molecular flexibility index (Phi) is 3.99. The summed E-state index contributed by atoms with van der Waals surface area (Å²) in [5.74, 6) is -0.456. The lowest BCUT2D eigenvalue weighted by Gasteiger charge is -2.22. The third-order valence-electron chi connectivity index (χ3n) is 2.69. The second-order valence-electron chi connectivity index (χ2n) is 5.01. The molecule has 4 heteroatoms. The molecule has 0 saturated carbocycles. The first kappa shape index (κ1) is 14.2. The standard InChI is InChI=1S/C13H18BrNO2/c1-7-5-9(12(15)16)10(6-13(3,4)17)8(2)11(7)14/h5,17H,6H2,1-4H3,(H2,15,16). The number of hydrogen-bond donors (Lipinski definition) is 2. The Bertz CT molecular complexity index is 461. The van der Waals surface area contributed by atoms with Crippen molar-refractivity contribution in [1.82, 2.24) is 0 Å². The number of amides is 1. The number of primary amides is 1. The summed E-state index contributed by atoms with van der Waals surface area (Å²) in [6.45, 7) is 7.26. The maximum absolute atomic E-state index is 11.4. The van der Waals surface area contributed by atoms with Gasteiger partial charge < -0.3 is 10.8 Å². The number of benzene rings is 1. The zero-order valence-electron chi connectivity index (χ0n) is 10.6. The second kappa shape index (κ2) is 4.78. The van der Waals surface area contributed by atoms with Gasteiger partial charge in [-0.2, -0.15) is 0 Å². The largest absolute Gasteiger partial charge is 0.390 e. The quantitative estimate of drug-likeness (QED) is 0.900. The van der Waals surface area contributed by atoms with E-state index in [0.29, 0.717) is 12.0 Å². The van der Waals surface area contributed by atoms with Gasteiger partial charge in [0.1, 0.15) is 0 Å². The van der Waals surface area contributed by atoms with Crippen molar-refractivity contribution in [3.05, 3.63) is 32.8 Å². The van der Waals surface area contributed by atoms with E-state index in [0.717, 1.165) is 21.2 Å². The molecule has 1 amide bonds. The molecule has 0 fully saturated rings. The molecule has 0 heterocycles. The second-order valence-corrected chi connectivity index (χ2v) is 5.81. The maximum atomic E-state index is 11.4. The van der Waals surface area contributed by atoms with Crippen LogP contribution in [0, 0.1) is 13.8 Å². The number of hydrogen-bond acceptors (Lipinski definition) is 2. The lowest BCUT2D eigenvalue weighted by atomic mass is 9.90. The predicted molar refractivity (Wildman–Crippen MR) is 72.1 cm³/mol. The minimum Gasteiger partial charge on any atom is -0.390 e. The molecule has 0 aliphatic carbocycles. The van der Waals surface area contributed by atoms with Crippen molar-refractivity contribution in [1.29, 1.82) is 0 Å². The lowest BCUT2D eigenvalue weighted by Crippen LogP contribution is -2.25. The monoisotopic (exact) mass is 299 g/mol. The van der Waals surface area contributed by atoms with Crippen LogP contribution in [0.4, 0.5) is 0 Å². The van der Waals surface area contributed by atoms with Crippen LogP contribution in [0.15, 0.2) is 10.5 Å². The van der Waals surface area contributed by atoms with Gasteiger partial charge in [-0.05, 0) is 50.5 Å². The molecular formula is C13H18BrNO2. The molecule has 3 nitrogen and oxygen atoms in total. The van der Waals surface area contributed by atoms with Crippen LogP contribution in [0.3, 0.4) is 0 Å². The molecule has 3 N–H and O–H groups in total. The number of carbonyl (C=O) groups is 1. The van der Waals surface area contributed by atoms with Crippen LogP contribution in [0.2, 0.25) is 0 Å². The Morgan fingerprint density at radius 1 is 1.47 bits per heavy atom. The number of halogens is 1. The molecular weight excluding hydrogens is 282 g/mol. The Morgan fingerprint density at radius 3 is 2.41 bits per heavy atom. The maximum Gasteiger partial charge on any atom is 0.248 e. The molecule has 0 radical (unpaired) electrons. The lowest BCUT2D eigenvalue weighted by molar-refractivity contribution is 0.0803. The highest BCUT2D eigenvalue weighted by molar-refractivity contribution is 9.10. The highest BCUT2D eigenvalue weighted by Crippen LogP contribution is 2.29. The Hall–Kier alpha value is -0.870. The highest BCUT2D eigenvalue weighted by Gasteiger charge is 2.21. The fourth-order valence-corrected chi connectivity index (χ4v) is 2.23. The van der Waals surface area contributed by atoms with Gasteiger partial charge in [-0.15, -0.1) is 0 Å². The SMILES string of the molecule is Cc1cc(C(N)=O)c(CC(C)(C)O)c(C)c1Br. The molecule has 1 aromatic rings. The topological polar surface area (TPSA) is 63.3 Å². The number of aryl methyl sites for hydroxylation is 1. The third kappa shape index (κ3) is 3.30. The van der Waals surface area contributed by atoms with Crippen molar-refractivity contribution >= 4 is 21.8 Å². The van der Waals surface area contributed by atoms with Gasteiger partial charge in [0, 0.05) is 16.5 Å². The van der Waals surface area contributed by atoms with Gasteiger partial charge in [0.05, 0.1) is 5.60 Å². The molecule has 0 aliphatic rings. The van der Waals surface area contributed by atoms with Gasteiger partial charge in [-0.25, -0.2) is 0 Å². The summed E-state index contributed by atoms with van der Waals surface area (Å²) < 4.78 is 0.960. The minimum absolute atomic E-state index is 0.399. The average Bonchev–Trinajstić information content (AvgIpc) is 2.16. The molecule has 0 saturated heterocycles. The van der Waals surface area contributed by atoms with Gasteiger partial charge in [0.2, 0.25) is 5.91 Å². The van der Waals surface area contributed by atoms with E-state index in [1.165, 1.54) is 0 Å².